The quantitative estimate of drug-likeness (QED) is 0.708. The van der Waals surface area contributed by atoms with Gasteiger partial charge in [-0.1, -0.05) is 36.4 Å². The van der Waals surface area contributed by atoms with E-state index in [1.165, 1.54) is 5.56 Å². The van der Waals surface area contributed by atoms with Gasteiger partial charge in [-0.25, -0.2) is 0 Å². The zero-order chi connectivity index (χ0) is 18.4. The largest absolute Gasteiger partial charge is 0.368 e. The number of amides is 1. The first-order valence-corrected chi connectivity index (χ1v) is 8.62. The van der Waals surface area contributed by atoms with Crippen molar-refractivity contribution < 1.29 is 4.79 Å². The smallest absolute Gasteiger partial charge is 0.256 e. The molecule has 0 aliphatic carbocycles. The fourth-order valence-corrected chi connectivity index (χ4v) is 2.54. The number of benzene rings is 2. The van der Waals surface area contributed by atoms with Crippen molar-refractivity contribution in [3.63, 3.8) is 0 Å². The highest BCUT2D eigenvalue weighted by Crippen LogP contribution is 2.12. The Morgan fingerprint density at radius 2 is 1.62 bits per heavy atom. The molecule has 2 aromatic carbocycles. The van der Waals surface area contributed by atoms with Crippen molar-refractivity contribution in [3.05, 3.63) is 82.9 Å². The van der Waals surface area contributed by atoms with Gasteiger partial charge < -0.3 is 10.6 Å². The van der Waals surface area contributed by atoms with Crippen LogP contribution in [0, 0.1) is 13.8 Å². The number of hydrogen-bond acceptors (Lipinski definition) is 4. The minimum absolute atomic E-state index is 0.188. The first kappa shape index (κ1) is 17.6. The van der Waals surface area contributed by atoms with Gasteiger partial charge in [-0.05, 0) is 61.2 Å². The molecule has 0 saturated heterocycles. The second-order valence-electron chi connectivity index (χ2n) is 6.22. The number of aryl methyl sites for hydroxylation is 2. The van der Waals surface area contributed by atoms with Gasteiger partial charge in [-0.2, -0.15) is 0 Å². The molecule has 3 aromatic rings. The van der Waals surface area contributed by atoms with Crippen LogP contribution in [-0.4, -0.2) is 22.6 Å². The van der Waals surface area contributed by atoms with Crippen LogP contribution in [0.1, 0.15) is 27.0 Å². The van der Waals surface area contributed by atoms with E-state index in [0.717, 1.165) is 24.1 Å². The van der Waals surface area contributed by atoms with Crippen LogP contribution >= 0.6 is 0 Å². The maximum atomic E-state index is 12.3. The van der Waals surface area contributed by atoms with E-state index in [4.69, 9.17) is 0 Å². The summed E-state index contributed by atoms with van der Waals surface area (Å²) in [5.41, 5.74) is 4.12. The molecule has 0 aliphatic heterocycles. The molecule has 0 bridgehead atoms. The molecule has 5 heteroatoms. The van der Waals surface area contributed by atoms with Gasteiger partial charge in [0, 0.05) is 12.1 Å². The van der Waals surface area contributed by atoms with Crippen molar-refractivity contribution in [1.82, 2.24) is 10.2 Å². The average molecular weight is 346 g/mol. The lowest BCUT2D eigenvalue weighted by atomic mass is 10.1. The van der Waals surface area contributed by atoms with Gasteiger partial charge in [0.25, 0.3) is 5.91 Å². The molecule has 132 valence electrons. The molecule has 1 amide bonds. The van der Waals surface area contributed by atoms with E-state index < -0.39 is 0 Å². The maximum absolute atomic E-state index is 12.3. The summed E-state index contributed by atoms with van der Waals surface area (Å²) in [5.74, 6) is 0.930. The molecule has 0 radical (unpaired) electrons. The van der Waals surface area contributed by atoms with Gasteiger partial charge in [0.1, 0.15) is 5.82 Å². The summed E-state index contributed by atoms with van der Waals surface area (Å²) in [6.45, 7) is 4.78. The predicted molar refractivity (Wildman–Crippen MR) is 105 cm³/mol. The monoisotopic (exact) mass is 346 g/mol. The molecule has 1 heterocycles. The van der Waals surface area contributed by atoms with Crippen molar-refractivity contribution >= 4 is 17.5 Å². The highest BCUT2D eigenvalue weighted by Gasteiger charge is 2.08. The lowest BCUT2D eigenvalue weighted by molar-refractivity contribution is 0.102. The van der Waals surface area contributed by atoms with Crippen LogP contribution in [0.25, 0.3) is 0 Å². The van der Waals surface area contributed by atoms with Gasteiger partial charge in [-0.15, -0.1) is 10.2 Å². The minimum Gasteiger partial charge on any atom is -0.368 e. The van der Waals surface area contributed by atoms with Crippen molar-refractivity contribution in [1.29, 1.82) is 0 Å². The van der Waals surface area contributed by atoms with E-state index in [0.29, 0.717) is 17.2 Å². The number of anilines is 2. The number of aromatic nitrogens is 2. The van der Waals surface area contributed by atoms with Crippen LogP contribution in [0.15, 0.2) is 60.7 Å². The molecular weight excluding hydrogens is 324 g/mol. The van der Waals surface area contributed by atoms with E-state index in [1.54, 1.807) is 6.07 Å². The first-order valence-electron chi connectivity index (χ1n) is 8.62. The summed E-state index contributed by atoms with van der Waals surface area (Å²) in [5, 5.41) is 14.2. The molecule has 3 rings (SSSR count). The third kappa shape index (κ3) is 4.66. The average Bonchev–Trinajstić information content (AvgIpc) is 2.66. The highest BCUT2D eigenvalue weighted by molar-refractivity contribution is 6.03. The highest BCUT2D eigenvalue weighted by atomic mass is 16.1. The summed E-state index contributed by atoms with van der Waals surface area (Å²) in [7, 11) is 0. The summed E-state index contributed by atoms with van der Waals surface area (Å²) >= 11 is 0. The van der Waals surface area contributed by atoms with Crippen LogP contribution < -0.4 is 10.6 Å². The summed E-state index contributed by atoms with van der Waals surface area (Å²) in [6, 6.07) is 19.4. The third-order valence-corrected chi connectivity index (χ3v) is 4.24. The summed E-state index contributed by atoms with van der Waals surface area (Å²) in [4.78, 5) is 12.3. The molecule has 0 fully saturated rings. The van der Waals surface area contributed by atoms with E-state index in [2.05, 4.69) is 33.0 Å². The van der Waals surface area contributed by atoms with E-state index >= 15 is 0 Å². The molecule has 5 nitrogen and oxygen atoms in total. The lowest BCUT2D eigenvalue weighted by Crippen LogP contribution is -2.14. The standard InChI is InChI=1S/C21H22N4O/c1-15-8-9-18(14-16(15)2)21(26)23-20-11-10-19(24-25-20)22-13-12-17-6-4-3-5-7-17/h3-11,14H,12-13H2,1-2H3,(H,22,24)(H,23,25,26). The molecule has 0 saturated carbocycles. The molecule has 0 unspecified atom stereocenters. The number of hydrogen-bond donors (Lipinski definition) is 2. The van der Waals surface area contributed by atoms with Crippen molar-refractivity contribution in [3.8, 4) is 0 Å². The van der Waals surface area contributed by atoms with Crippen molar-refractivity contribution in [2.75, 3.05) is 17.2 Å². The molecule has 26 heavy (non-hydrogen) atoms. The van der Waals surface area contributed by atoms with Gasteiger partial charge in [-0.3, -0.25) is 4.79 Å². The van der Waals surface area contributed by atoms with Gasteiger partial charge in [0.2, 0.25) is 0 Å². The van der Waals surface area contributed by atoms with E-state index in [9.17, 15) is 4.79 Å². The number of carbonyl (C=O) groups is 1. The Bertz CT molecular complexity index is 876. The molecular formula is C21H22N4O. The first-order chi connectivity index (χ1) is 12.6. The SMILES string of the molecule is Cc1ccc(C(=O)Nc2ccc(NCCc3ccccc3)nn2)cc1C. The fourth-order valence-electron chi connectivity index (χ4n) is 2.54. The van der Waals surface area contributed by atoms with Crippen molar-refractivity contribution in [2.45, 2.75) is 20.3 Å². The van der Waals surface area contributed by atoms with Gasteiger partial charge >= 0.3 is 0 Å². The Hall–Kier alpha value is -3.21. The zero-order valence-corrected chi connectivity index (χ0v) is 15.0. The molecule has 0 atom stereocenters. The summed E-state index contributed by atoms with van der Waals surface area (Å²) in [6.07, 6.45) is 0.910. The number of rotatable bonds is 6. The predicted octanol–water partition coefficient (Wildman–Crippen LogP) is 4.00. The van der Waals surface area contributed by atoms with E-state index in [1.807, 2.05) is 56.3 Å². The maximum Gasteiger partial charge on any atom is 0.256 e. The number of carbonyl (C=O) groups excluding carboxylic acids is 1. The van der Waals surface area contributed by atoms with Crippen molar-refractivity contribution in [2.24, 2.45) is 0 Å². The second kappa shape index (κ2) is 8.25. The third-order valence-electron chi connectivity index (χ3n) is 4.24. The lowest BCUT2D eigenvalue weighted by Gasteiger charge is -2.08. The molecule has 0 aliphatic rings. The Kier molecular flexibility index (Phi) is 5.59. The Balaban J connectivity index is 1.53. The molecule has 2 N–H and O–H groups in total. The zero-order valence-electron chi connectivity index (χ0n) is 15.0. The Morgan fingerprint density at radius 3 is 2.31 bits per heavy atom. The van der Waals surface area contributed by atoms with Crippen LogP contribution in [0.5, 0.6) is 0 Å². The normalized spacial score (nSPS) is 10.4. The Morgan fingerprint density at radius 1 is 0.885 bits per heavy atom. The van der Waals surface area contributed by atoms with Crippen LogP contribution in [-0.2, 0) is 6.42 Å². The Labute approximate surface area is 153 Å². The molecule has 0 spiro atoms. The topological polar surface area (TPSA) is 66.9 Å². The molecule has 1 aromatic heterocycles. The van der Waals surface area contributed by atoms with Crippen LogP contribution in [0.3, 0.4) is 0 Å². The number of nitrogens with zero attached hydrogens (tertiary/aromatic N) is 2. The van der Waals surface area contributed by atoms with E-state index in [-0.39, 0.29) is 5.91 Å². The van der Waals surface area contributed by atoms with Crippen LogP contribution in [0.2, 0.25) is 0 Å². The fraction of sp³-hybridized carbons (Fsp3) is 0.190. The minimum atomic E-state index is -0.188. The number of nitrogens with one attached hydrogen (secondary N) is 2. The van der Waals surface area contributed by atoms with Gasteiger partial charge in [0.15, 0.2) is 5.82 Å². The van der Waals surface area contributed by atoms with Crippen LogP contribution in [0.4, 0.5) is 11.6 Å². The second-order valence-corrected chi connectivity index (χ2v) is 6.22. The summed E-state index contributed by atoms with van der Waals surface area (Å²) < 4.78 is 0. The van der Waals surface area contributed by atoms with Gasteiger partial charge in [0.05, 0.1) is 0 Å².